The molecule has 1 aromatic carbocycles. The van der Waals surface area contributed by atoms with Crippen molar-refractivity contribution in [3.8, 4) is 0 Å². The Hall–Kier alpha value is -1.19. The van der Waals surface area contributed by atoms with Crippen molar-refractivity contribution in [2.75, 3.05) is 0 Å². The van der Waals surface area contributed by atoms with E-state index in [0.717, 1.165) is 20.9 Å². The van der Waals surface area contributed by atoms with Gasteiger partial charge in [-0.25, -0.2) is 4.39 Å². The van der Waals surface area contributed by atoms with Crippen LogP contribution in [0, 0.1) is 19.7 Å². The van der Waals surface area contributed by atoms with Crippen LogP contribution in [0.5, 0.6) is 0 Å². The molecule has 0 aliphatic rings. The highest BCUT2D eigenvalue weighted by Crippen LogP contribution is 2.35. The number of rotatable bonds is 2. The molecule has 0 bridgehead atoms. The molecule has 1 aromatic heterocycles. The maximum Gasteiger partial charge on any atom is 0.123 e. The number of benzene rings is 1. The average molecular weight is 250 g/mol. The second-order valence-electron chi connectivity index (χ2n) is 4.44. The number of hydrogen-bond donors (Lipinski definition) is 1. The summed E-state index contributed by atoms with van der Waals surface area (Å²) in [4.78, 5) is 2.03. The predicted molar refractivity (Wildman–Crippen MR) is 68.9 cm³/mol. The van der Waals surface area contributed by atoms with Gasteiger partial charge in [0.15, 0.2) is 0 Å². The Kier molecular flexibility index (Phi) is 3.06. The molecule has 1 nitrogen and oxygen atoms in total. The van der Waals surface area contributed by atoms with Crippen molar-refractivity contribution >= 4 is 11.3 Å². The van der Waals surface area contributed by atoms with Crippen LogP contribution in [-0.2, 0) is 5.60 Å². The molecule has 17 heavy (non-hydrogen) atoms. The molecule has 2 aromatic rings. The zero-order valence-corrected chi connectivity index (χ0v) is 10.9. The second-order valence-corrected chi connectivity index (χ2v) is 5.73. The lowest BCUT2D eigenvalue weighted by Gasteiger charge is -2.24. The van der Waals surface area contributed by atoms with Crippen LogP contribution in [0.15, 0.2) is 30.3 Å². The standard InChI is InChI=1S/C14H15FOS/c1-9-8-11(15)5-6-12(9)14(3,16)13-7-4-10(2)17-13/h4-8,16H,1-3H3. The van der Waals surface area contributed by atoms with Crippen LogP contribution in [-0.4, -0.2) is 5.11 Å². The number of thiophene rings is 1. The van der Waals surface area contributed by atoms with Crippen molar-refractivity contribution in [1.82, 2.24) is 0 Å². The van der Waals surface area contributed by atoms with Gasteiger partial charge in [-0.05, 0) is 56.2 Å². The fourth-order valence-electron chi connectivity index (χ4n) is 2.00. The molecule has 0 radical (unpaired) electrons. The van der Waals surface area contributed by atoms with E-state index < -0.39 is 5.60 Å². The minimum absolute atomic E-state index is 0.274. The largest absolute Gasteiger partial charge is 0.380 e. The van der Waals surface area contributed by atoms with E-state index in [9.17, 15) is 9.50 Å². The van der Waals surface area contributed by atoms with Gasteiger partial charge in [-0.15, -0.1) is 11.3 Å². The summed E-state index contributed by atoms with van der Waals surface area (Å²) in [5, 5.41) is 10.6. The van der Waals surface area contributed by atoms with E-state index in [4.69, 9.17) is 0 Å². The maximum atomic E-state index is 13.1. The second kappa shape index (κ2) is 4.24. The van der Waals surface area contributed by atoms with Gasteiger partial charge in [-0.1, -0.05) is 6.07 Å². The fourth-order valence-corrected chi connectivity index (χ4v) is 2.93. The van der Waals surface area contributed by atoms with Crippen LogP contribution in [0.2, 0.25) is 0 Å². The summed E-state index contributed by atoms with van der Waals surface area (Å²) < 4.78 is 13.1. The van der Waals surface area contributed by atoms with Crippen molar-refractivity contribution in [1.29, 1.82) is 0 Å². The van der Waals surface area contributed by atoms with Gasteiger partial charge in [0.2, 0.25) is 0 Å². The topological polar surface area (TPSA) is 20.2 Å². The van der Waals surface area contributed by atoms with Crippen molar-refractivity contribution in [2.45, 2.75) is 26.4 Å². The third-order valence-electron chi connectivity index (χ3n) is 2.93. The maximum absolute atomic E-state index is 13.1. The smallest absolute Gasteiger partial charge is 0.123 e. The Balaban J connectivity index is 2.51. The van der Waals surface area contributed by atoms with E-state index in [1.165, 1.54) is 12.1 Å². The van der Waals surface area contributed by atoms with E-state index in [1.807, 2.05) is 26.0 Å². The van der Waals surface area contributed by atoms with Gasteiger partial charge in [-0.3, -0.25) is 0 Å². The Labute approximate surface area is 105 Å². The summed E-state index contributed by atoms with van der Waals surface area (Å²) in [7, 11) is 0. The zero-order chi connectivity index (χ0) is 12.6. The molecule has 1 N–H and O–H groups in total. The molecule has 0 spiro atoms. The normalized spacial score (nSPS) is 14.6. The van der Waals surface area contributed by atoms with E-state index >= 15 is 0 Å². The Morgan fingerprint density at radius 1 is 1.18 bits per heavy atom. The minimum Gasteiger partial charge on any atom is -0.380 e. The first-order chi connectivity index (χ1) is 7.91. The van der Waals surface area contributed by atoms with Crippen molar-refractivity contribution < 1.29 is 9.50 Å². The van der Waals surface area contributed by atoms with Gasteiger partial charge >= 0.3 is 0 Å². The van der Waals surface area contributed by atoms with Gasteiger partial charge < -0.3 is 5.11 Å². The molecule has 0 saturated carbocycles. The third kappa shape index (κ3) is 2.26. The first-order valence-corrected chi connectivity index (χ1v) is 6.29. The van der Waals surface area contributed by atoms with E-state index in [0.29, 0.717) is 0 Å². The van der Waals surface area contributed by atoms with Gasteiger partial charge in [-0.2, -0.15) is 0 Å². The molecular weight excluding hydrogens is 235 g/mol. The van der Waals surface area contributed by atoms with Crippen molar-refractivity contribution in [3.63, 3.8) is 0 Å². The SMILES string of the molecule is Cc1ccc(C(C)(O)c2ccc(F)cc2C)s1. The van der Waals surface area contributed by atoms with Crippen LogP contribution in [0.25, 0.3) is 0 Å². The lowest BCUT2D eigenvalue weighted by atomic mass is 9.90. The highest BCUT2D eigenvalue weighted by atomic mass is 32.1. The van der Waals surface area contributed by atoms with Gasteiger partial charge in [0.1, 0.15) is 11.4 Å². The first kappa shape index (κ1) is 12.3. The predicted octanol–water partition coefficient (Wildman–Crippen LogP) is 3.76. The molecule has 1 atom stereocenters. The third-order valence-corrected chi connectivity index (χ3v) is 4.14. The van der Waals surface area contributed by atoms with Crippen LogP contribution in [0.1, 0.15) is 27.8 Å². The van der Waals surface area contributed by atoms with Crippen LogP contribution in [0.4, 0.5) is 4.39 Å². The highest BCUT2D eigenvalue weighted by molar-refractivity contribution is 7.12. The van der Waals surface area contributed by atoms with Gasteiger partial charge in [0, 0.05) is 9.75 Å². The van der Waals surface area contributed by atoms with Gasteiger partial charge in [0.25, 0.3) is 0 Å². The molecule has 3 heteroatoms. The summed E-state index contributed by atoms with van der Waals surface area (Å²) in [5.74, 6) is -0.274. The molecule has 1 heterocycles. The Morgan fingerprint density at radius 2 is 1.88 bits per heavy atom. The van der Waals surface area contributed by atoms with Gasteiger partial charge in [0.05, 0.1) is 0 Å². The summed E-state index contributed by atoms with van der Waals surface area (Å²) in [5.41, 5.74) is 0.457. The Bertz CT molecular complexity index is 543. The lowest BCUT2D eigenvalue weighted by molar-refractivity contribution is 0.105. The number of halogens is 1. The Morgan fingerprint density at radius 3 is 2.41 bits per heavy atom. The molecule has 1 unspecified atom stereocenters. The number of hydrogen-bond acceptors (Lipinski definition) is 2. The molecule has 0 aliphatic carbocycles. The molecule has 0 fully saturated rings. The molecule has 0 amide bonds. The lowest BCUT2D eigenvalue weighted by Crippen LogP contribution is -2.22. The van der Waals surface area contributed by atoms with Crippen LogP contribution in [0.3, 0.4) is 0 Å². The summed E-state index contributed by atoms with van der Waals surface area (Å²) >= 11 is 1.56. The summed E-state index contributed by atoms with van der Waals surface area (Å²) in [6.45, 7) is 5.56. The average Bonchev–Trinajstić information content (AvgIpc) is 2.64. The van der Waals surface area contributed by atoms with E-state index in [2.05, 4.69) is 0 Å². The molecular formula is C14H15FOS. The molecule has 0 aliphatic heterocycles. The fraction of sp³-hybridized carbons (Fsp3) is 0.286. The number of aryl methyl sites for hydroxylation is 2. The van der Waals surface area contributed by atoms with Crippen molar-refractivity contribution in [2.24, 2.45) is 0 Å². The van der Waals surface area contributed by atoms with Crippen LogP contribution < -0.4 is 0 Å². The summed E-state index contributed by atoms with van der Waals surface area (Å²) in [6, 6.07) is 8.39. The van der Waals surface area contributed by atoms with E-state index in [1.54, 1.807) is 24.3 Å². The first-order valence-electron chi connectivity index (χ1n) is 5.47. The molecule has 0 saturated heterocycles. The summed E-state index contributed by atoms with van der Waals surface area (Å²) in [6.07, 6.45) is 0. The van der Waals surface area contributed by atoms with E-state index in [-0.39, 0.29) is 5.82 Å². The monoisotopic (exact) mass is 250 g/mol. The number of aliphatic hydroxyl groups is 1. The van der Waals surface area contributed by atoms with Crippen molar-refractivity contribution in [3.05, 3.63) is 57.0 Å². The molecule has 2 rings (SSSR count). The molecule has 90 valence electrons. The highest BCUT2D eigenvalue weighted by Gasteiger charge is 2.28. The zero-order valence-electron chi connectivity index (χ0n) is 10.1. The minimum atomic E-state index is -1.06. The van der Waals surface area contributed by atoms with Crippen LogP contribution >= 0.6 is 11.3 Å². The quantitative estimate of drug-likeness (QED) is 0.860.